The van der Waals surface area contributed by atoms with Gasteiger partial charge in [0.25, 0.3) is 0 Å². The Morgan fingerprint density at radius 2 is 1.93 bits per heavy atom. The predicted octanol–water partition coefficient (Wildman–Crippen LogP) is 3.85. The molecule has 0 bridgehead atoms. The lowest BCUT2D eigenvalue weighted by Crippen LogP contribution is -2.31. The van der Waals surface area contributed by atoms with Crippen molar-refractivity contribution in [2.75, 3.05) is 27.3 Å². The number of carbonyl (C=O) groups is 1. The first-order chi connectivity index (χ1) is 14.5. The molecule has 1 N–H and O–H groups in total. The van der Waals surface area contributed by atoms with Crippen LogP contribution in [0.4, 0.5) is 0 Å². The van der Waals surface area contributed by atoms with Gasteiger partial charge in [0, 0.05) is 25.6 Å². The molecule has 158 valence electrons. The summed E-state index contributed by atoms with van der Waals surface area (Å²) in [7, 11) is 3.40. The van der Waals surface area contributed by atoms with Crippen LogP contribution in [-0.2, 0) is 11.3 Å². The minimum Gasteiger partial charge on any atom is -0.497 e. The average molecular weight is 427 g/mol. The molecule has 1 aromatic heterocycles. The molecule has 0 radical (unpaired) electrons. The maximum atomic E-state index is 12.6. The minimum atomic E-state index is 0.0205. The number of likely N-dealkylation sites (N-methyl/N-ethyl adjacent to an activating group) is 1. The molecule has 3 rings (SSSR count). The van der Waals surface area contributed by atoms with Crippen molar-refractivity contribution in [2.45, 2.75) is 19.9 Å². The number of amides is 1. The topological polar surface area (TPSA) is 72.4 Å². The van der Waals surface area contributed by atoms with Crippen molar-refractivity contribution in [2.24, 2.45) is 0 Å². The number of nitrogens with one attached hydrogen (secondary N) is 1. The van der Waals surface area contributed by atoms with Crippen molar-refractivity contribution in [3.8, 4) is 22.9 Å². The number of para-hydroxylation sites is 1. The number of aromatic nitrogens is 3. The third kappa shape index (κ3) is 5.27. The first-order valence-electron chi connectivity index (χ1n) is 9.71. The van der Waals surface area contributed by atoms with E-state index in [-0.39, 0.29) is 5.91 Å². The van der Waals surface area contributed by atoms with E-state index in [0.717, 1.165) is 22.6 Å². The van der Waals surface area contributed by atoms with Gasteiger partial charge >= 0.3 is 0 Å². The summed E-state index contributed by atoms with van der Waals surface area (Å²) in [5.74, 6) is 2.32. The molecule has 7 nitrogen and oxygen atoms in total. The zero-order valence-electron chi connectivity index (χ0n) is 17.4. The van der Waals surface area contributed by atoms with Gasteiger partial charge in [0.2, 0.25) is 5.91 Å². The number of hydrogen-bond donors (Lipinski definition) is 1. The van der Waals surface area contributed by atoms with Crippen LogP contribution in [0.25, 0.3) is 11.4 Å². The number of ether oxygens (including phenoxy) is 2. The number of rotatable bonds is 9. The third-order valence-electron chi connectivity index (χ3n) is 4.86. The molecule has 0 aliphatic carbocycles. The lowest BCUT2D eigenvalue weighted by molar-refractivity contribution is -0.130. The first kappa shape index (κ1) is 21.6. The highest BCUT2D eigenvalue weighted by Gasteiger charge is 2.13. The highest BCUT2D eigenvalue weighted by Crippen LogP contribution is 2.21. The first-order valence-corrected chi connectivity index (χ1v) is 10.1. The molecule has 3 aromatic rings. The average Bonchev–Trinajstić information content (AvgIpc) is 3.13. The van der Waals surface area contributed by atoms with Gasteiger partial charge in [-0.15, -0.1) is 0 Å². The van der Waals surface area contributed by atoms with Gasteiger partial charge in [-0.05, 0) is 55.0 Å². The Morgan fingerprint density at radius 3 is 2.63 bits per heavy atom. The van der Waals surface area contributed by atoms with E-state index >= 15 is 0 Å². The monoisotopic (exact) mass is 426 g/mol. The summed E-state index contributed by atoms with van der Waals surface area (Å²) < 4.78 is 13.3. The van der Waals surface area contributed by atoms with E-state index in [4.69, 9.17) is 21.7 Å². The summed E-state index contributed by atoms with van der Waals surface area (Å²) in [5.41, 5.74) is 1.97. The van der Waals surface area contributed by atoms with Gasteiger partial charge in [-0.2, -0.15) is 5.10 Å². The van der Waals surface area contributed by atoms with E-state index in [2.05, 4.69) is 10.2 Å². The summed E-state index contributed by atoms with van der Waals surface area (Å²) in [5, 5.41) is 7.13. The Kier molecular flexibility index (Phi) is 7.24. The molecule has 30 heavy (non-hydrogen) atoms. The Morgan fingerprint density at radius 1 is 1.20 bits per heavy atom. The fourth-order valence-electron chi connectivity index (χ4n) is 3.02. The number of aryl methyl sites for hydroxylation is 1. The van der Waals surface area contributed by atoms with Gasteiger partial charge in [0.1, 0.15) is 18.1 Å². The number of aromatic amines is 1. The normalized spacial score (nSPS) is 10.6. The highest BCUT2D eigenvalue weighted by atomic mass is 32.1. The largest absolute Gasteiger partial charge is 0.497 e. The smallest absolute Gasteiger partial charge is 0.224 e. The summed E-state index contributed by atoms with van der Waals surface area (Å²) >= 11 is 5.35. The number of benzene rings is 2. The molecule has 0 atom stereocenters. The molecule has 0 saturated heterocycles. The van der Waals surface area contributed by atoms with Crippen LogP contribution in [0.2, 0.25) is 0 Å². The van der Waals surface area contributed by atoms with Gasteiger partial charge in [-0.25, -0.2) is 0 Å². The number of nitrogens with zero attached hydrogens (tertiary/aromatic N) is 3. The van der Waals surface area contributed by atoms with E-state index < -0.39 is 0 Å². The van der Waals surface area contributed by atoms with E-state index in [1.54, 1.807) is 19.1 Å². The molecule has 0 aliphatic heterocycles. The van der Waals surface area contributed by atoms with Gasteiger partial charge in [-0.1, -0.05) is 18.2 Å². The molecular formula is C22H26N4O3S. The van der Waals surface area contributed by atoms with Crippen molar-refractivity contribution in [3.63, 3.8) is 0 Å². The van der Waals surface area contributed by atoms with Crippen LogP contribution in [0.5, 0.6) is 11.5 Å². The number of hydrogen-bond acceptors (Lipinski definition) is 5. The second-order valence-corrected chi connectivity index (χ2v) is 7.30. The molecule has 0 unspecified atom stereocenters. The van der Waals surface area contributed by atoms with E-state index in [1.165, 1.54) is 0 Å². The summed E-state index contributed by atoms with van der Waals surface area (Å²) in [4.78, 5) is 14.2. The van der Waals surface area contributed by atoms with Gasteiger partial charge in [0.05, 0.1) is 13.7 Å². The van der Waals surface area contributed by atoms with Crippen molar-refractivity contribution < 1.29 is 14.3 Å². The van der Waals surface area contributed by atoms with E-state index in [9.17, 15) is 4.79 Å². The summed E-state index contributed by atoms with van der Waals surface area (Å²) in [6, 6.07) is 15.4. The van der Waals surface area contributed by atoms with E-state index in [1.807, 2.05) is 60.0 Å². The lowest BCUT2D eigenvalue weighted by atomic mass is 10.2. The van der Waals surface area contributed by atoms with Crippen molar-refractivity contribution in [1.82, 2.24) is 19.7 Å². The Hall–Kier alpha value is -3.13. The van der Waals surface area contributed by atoms with Crippen molar-refractivity contribution in [1.29, 1.82) is 0 Å². The molecule has 2 aromatic carbocycles. The van der Waals surface area contributed by atoms with Crippen LogP contribution < -0.4 is 9.47 Å². The summed E-state index contributed by atoms with van der Waals surface area (Å²) in [6.07, 6.45) is 0.317. The maximum Gasteiger partial charge on any atom is 0.224 e. The Labute approximate surface area is 181 Å². The molecule has 0 spiro atoms. The van der Waals surface area contributed by atoms with Crippen LogP contribution in [0.3, 0.4) is 0 Å². The molecule has 1 amide bonds. The van der Waals surface area contributed by atoms with Crippen LogP contribution >= 0.6 is 12.2 Å². The second-order valence-electron chi connectivity index (χ2n) is 6.91. The highest BCUT2D eigenvalue weighted by molar-refractivity contribution is 7.71. The van der Waals surface area contributed by atoms with Crippen molar-refractivity contribution >= 4 is 18.1 Å². The van der Waals surface area contributed by atoms with E-state index in [0.29, 0.717) is 36.7 Å². The lowest BCUT2D eigenvalue weighted by Gasteiger charge is -2.18. The SMILES string of the molecule is COc1ccc(-c2n[nH]c(=S)n2CCC(=O)N(C)CCOc2ccccc2C)cc1. The molecule has 8 heteroatoms. The molecular weight excluding hydrogens is 400 g/mol. The maximum absolute atomic E-state index is 12.6. The number of carbonyl (C=O) groups excluding carboxylic acids is 1. The number of H-pyrrole nitrogens is 1. The second kappa shape index (κ2) is 10.1. The van der Waals surface area contributed by atoms with Crippen molar-refractivity contribution in [3.05, 3.63) is 58.9 Å². The standard InChI is InChI=1S/C22H26N4O3S/c1-16-6-4-5-7-19(16)29-15-14-25(2)20(27)12-13-26-21(23-24-22(26)30)17-8-10-18(28-3)11-9-17/h4-11H,12-15H2,1-3H3,(H,24,30). The van der Waals surface area contributed by atoms with Gasteiger partial charge in [0.15, 0.2) is 10.6 Å². The molecule has 0 fully saturated rings. The summed E-state index contributed by atoms with van der Waals surface area (Å²) in [6.45, 7) is 3.39. The fourth-order valence-corrected chi connectivity index (χ4v) is 3.24. The minimum absolute atomic E-state index is 0.0205. The van der Waals surface area contributed by atoms with Crippen LogP contribution in [0.15, 0.2) is 48.5 Å². The fraction of sp³-hybridized carbons (Fsp3) is 0.318. The van der Waals surface area contributed by atoms with Gasteiger partial charge < -0.3 is 14.4 Å². The molecule has 0 saturated carbocycles. The Balaban J connectivity index is 1.56. The Bertz CT molecular complexity index is 1040. The molecule has 0 aliphatic rings. The zero-order valence-corrected chi connectivity index (χ0v) is 18.2. The number of methoxy groups -OCH3 is 1. The van der Waals surface area contributed by atoms with Crippen LogP contribution in [0, 0.1) is 11.7 Å². The van der Waals surface area contributed by atoms with Crippen LogP contribution in [0.1, 0.15) is 12.0 Å². The quantitative estimate of drug-likeness (QED) is 0.526. The molecule has 1 heterocycles. The van der Waals surface area contributed by atoms with Gasteiger partial charge in [-0.3, -0.25) is 14.5 Å². The zero-order chi connectivity index (χ0) is 21.5. The predicted molar refractivity (Wildman–Crippen MR) is 118 cm³/mol. The van der Waals surface area contributed by atoms with Crippen LogP contribution in [-0.4, -0.2) is 52.9 Å². The third-order valence-corrected chi connectivity index (χ3v) is 5.17.